The zero-order chi connectivity index (χ0) is 19.2. The Balaban J connectivity index is 1.92. The lowest BCUT2D eigenvalue weighted by molar-refractivity contribution is -0.129. The first-order chi connectivity index (χ1) is 13.0. The van der Waals surface area contributed by atoms with E-state index < -0.39 is 11.7 Å². The highest BCUT2D eigenvalue weighted by Gasteiger charge is 2.47. The summed E-state index contributed by atoms with van der Waals surface area (Å²) in [5.41, 5.74) is 4.02. The smallest absolute Gasteiger partial charge is 0.199 e. The summed E-state index contributed by atoms with van der Waals surface area (Å²) in [6.45, 7) is 4.02. The van der Waals surface area contributed by atoms with Gasteiger partial charge in [-0.1, -0.05) is 42.8 Å². The zero-order valence-electron chi connectivity index (χ0n) is 15.6. The van der Waals surface area contributed by atoms with Gasteiger partial charge in [0, 0.05) is 5.02 Å². The van der Waals surface area contributed by atoms with Crippen LogP contribution in [0, 0.1) is 0 Å². The van der Waals surface area contributed by atoms with Crippen LogP contribution in [-0.4, -0.2) is 24.6 Å². The van der Waals surface area contributed by atoms with E-state index in [1.165, 1.54) is 0 Å². The van der Waals surface area contributed by atoms with Crippen molar-refractivity contribution in [1.29, 1.82) is 0 Å². The van der Waals surface area contributed by atoms with E-state index in [0.717, 1.165) is 28.7 Å². The summed E-state index contributed by atoms with van der Waals surface area (Å²) >= 11 is 6.02. The number of Topliss-reactive ketones (excluding diaryl/α,β-unsaturated/α-hetero) is 1. The second kappa shape index (κ2) is 6.66. The molecule has 2 aliphatic heterocycles. The van der Waals surface area contributed by atoms with E-state index in [-0.39, 0.29) is 5.78 Å². The van der Waals surface area contributed by atoms with Gasteiger partial charge >= 0.3 is 0 Å². The molecule has 4 rings (SSSR count). The van der Waals surface area contributed by atoms with E-state index in [0.29, 0.717) is 16.4 Å². The molecule has 4 heteroatoms. The molecule has 2 aromatic carbocycles. The van der Waals surface area contributed by atoms with Crippen LogP contribution in [0.1, 0.15) is 25.0 Å². The van der Waals surface area contributed by atoms with Gasteiger partial charge in [0.05, 0.1) is 12.7 Å². The quantitative estimate of drug-likeness (QED) is 0.682. The molecule has 2 bridgehead atoms. The average Bonchev–Trinajstić information content (AvgIpc) is 3.04. The number of halogens is 1. The molecule has 0 saturated heterocycles. The van der Waals surface area contributed by atoms with Crippen LogP contribution >= 0.6 is 11.6 Å². The molecule has 0 fully saturated rings. The number of fused-ring (bicyclic) bond motifs is 2. The Kier molecular flexibility index (Phi) is 4.45. The summed E-state index contributed by atoms with van der Waals surface area (Å²) in [5.74, 6) is 0.515. The molecule has 0 aromatic heterocycles. The molecular weight excluding hydrogens is 360 g/mol. The third kappa shape index (κ3) is 2.91. The van der Waals surface area contributed by atoms with Crippen molar-refractivity contribution in [2.45, 2.75) is 32.0 Å². The Morgan fingerprint density at radius 3 is 2.52 bits per heavy atom. The van der Waals surface area contributed by atoms with E-state index in [1.54, 1.807) is 7.11 Å². The van der Waals surface area contributed by atoms with Gasteiger partial charge in [-0.3, -0.25) is 4.79 Å². The van der Waals surface area contributed by atoms with Crippen LogP contribution in [0.5, 0.6) is 0 Å². The third-order valence-electron chi connectivity index (χ3n) is 5.29. The summed E-state index contributed by atoms with van der Waals surface area (Å²) in [5, 5.41) is 0.698. The number of hydrogen-bond donors (Lipinski definition) is 0. The first-order valence-electron chi connectivity index (χ1n) is 9.06. The Labute approximate surface area is 164 Å². The molecule has 138 valence electrons. The minimum absolute atomic E-state index is 0.0546. The monoisotopic (exact) mass is 380 g/mol. The molecule has 0 unspecified atom stereocenters. The van der Waals surface area contributed by atoms with Crippen molar-refractivity contribution in [1.82, 2.24) is 0 Å². The van der Waals surface area contributed by atoms with Crippen molar-refractivity contribution in [2.24, 2.45) is 0 Å². The lowest BCUT2D eigenvalue weighted by Crippen LogP contribution is -2.39. The van der Waals surface area contributed by atoms with Gasteiger partial charge in [0.25, 0.3) is 0 Å². The molecule has 2 aromatic rings. The maximum absolute atomic E-state index is 13.1. The third-order valence-corrected chi connectivity index (χ3v) is 5.54. The zero-order valence-corrected chi connectivity index (χ0v) is 16.3. The Morgan fingerprint density at radius 1 is 1.15 bits per heavy atom. The van der Waals surface area contributed by atoms with Gasteiger partial charge in [0.15, 0.2) is 5.78 Å². The lowest BCUT2D eigenvalue weighted by atomic mass is 9.86. The van der Waals surface area contributed by atoms with Crippen molar-refractivity contribution in [3.63, 3.8) is 0 Å². The SMILES string of the molecule is CCc1ccc(-c2ccc(Cl)cc2)cc1C1=C(OC)[C@@]2(C)C=C[C@H](O2)C1=O. The maximum atomic E-state index is 13.1. The van der Waals surface area contributed by atoms with Gasteiger partial charge in [-0.25, -0.2) is 0 Å². The van der Waals surface area contributed by atoms with Crippen molar-refractivity contribution in [2.75, 3.05) is 7.11 Å². The maximum Gasteiger partial charge on any atom is 0.199 e. The fourth-order valence-corrected chi connectivity index (χ4v) is 4.01. The van der Waals surface area contributed by atoms with Gasteiger partial charge in [-0.2, -0.15) is 0 Å². The Hall–Kier alpha value is -2.36. The largest absolute Gasteiger partial charge is 0.497 e. The van der Waals surface area contributed by atoms with E-state index in [2.05, 4.69) is 25.1 Å². The van der Waals surface area contributed by atoms with Gasteiger partial charge in [-0.15, -0.1) is 0 Å². The van der Waals surface area contributed by atoms with Crippen molar-refractivity contribution >= 4 is 23.0 Å². The molecule has 2 atom stereocenters. The number of ketones is 1. The standard InChI is InChI=1S/C23H21ClO3/c1-4-14-5-6-16(15-7-9-17(24)10-8-15)13-18(14)20-21(25)19-11-12-23(2,27-19)22(20)26-3/h5-13,19H,4H2,1-3H3/t19-,23+/m0/s1. The van der Waals surface area contributed by atoms with Crippen LogP contribution in [0.4, 0.5) is 0 Å². The molecule has 27 heavy (non-hydrogen) atoms. The van der Waals surface area contributed by atoms with Gasteiger partial charge in [-0.05, 0) is 65.9 Å². The molecule has 0 saturated carbocycles. The fraction of sp³-hybridized carbons (Fsp3) is 0.261. The lowest BCUT2D eigenvalue weighted by Gasteiger charge is -2.33. The fourth-order valence-electron chi connectivity index (χ4n) is 3.88. The predicted octanol–water partition coefficient (Wildman–Crippen LogP) is 5.22. The number of carbonyl (C=O) groups excluding carboxylic acids is 1. The van der Waals surface area contributed by atoms with Crippen LogP contribution in [0.2, 0.25) is 5.02 Å². The molecule has 0 N–H and O–H groups in total. The number of carbonyl (C=O) groups is 1. The number of benzene rings is 2. The summed E-state index contributed by atoms with van der Waals surface area (Å²) in [7, 11) is 1.60. The van der Waals surface area contributed by atoms with Gasteiger partial charge < -0.3 is 9.47 Å². The molecule has 2 heterocycles. The minimum atomic E-state index is -0.704. The first-order valence-corrected chi connectivity index (χ1v) is 9.44. The average molecular weight is 381 g/mol. The van der Waals surface area contributed by atoms with Crippen molar-refractivity contribution in [3.05, 3.63) is 76.5 Å². The van der Waals surface area contributed by atoms with Gasteiger partial charge in [0.2, 0.25) is 0 Å². The van der Waals surface area contributed by atoms with Crippen LogP contribution < -0.4 is 0 Å². The number of rotatable bonds is 4. The topological polar surface area (TPSA) is 35.5 Å². The second-order valence-electron chi connectivity index (χ2n) is 7.01. The first kappa shape index (κ1) is 18.0. The van der Waals surface area contributed by atoms with Crippen LogP contribution in [0.15, 0.2) is 60.4 Å². The van der Waals surface area contributed by atoms with Crippen LogP contribution in [0.3, 0.4) is 0 Å². The molecule has 0 amide bonds. The Morgan fingerprint density at radius 2 is 1.85 bits per heavy atom. The summed E-state index contributed by atoms with van der Waals surface area (Å²) in [6.07, 6.45) is 4.01. The van der Waals surface area contributed by atoms with Gasteiger partial charge in [0.1, 0.15) is 17.5 Å². The molecule has 2 aliphatic rings. The number of ether oxygens (including phenoxy) is 2. The van der Waals surface area contributed by atoms with Crippen LogP contribution in [0.25, 0.3) is 16.7 Å². The highest BCUT2D eigenvalue weighted by molar-refractivity contribution is 6.30. The summed E-state index contributed by atoms with van der Waals surface area (Å²) in [6, 6.07) is 13.9. The number of aryl methyl sites for hydroxylation is 1. The summed E-state index contributed by atoms with van der Waals surface area (Å²) in [4.78, 5) is 13.1. The van der Waals surface area contributed by atoms with Crippen molar-refractivity contribution < 1.29 is 14.3 Å². The second-order valence-corrected chi connectivity index (χ2v) is 7.45. The molecule has 0 aliphatic carbocycles. The predicted molar refractivity (Wildman–Crippen MR) is 108 cm³/mol. The normalized spacial score (nSPS) is 23.9. The number of methoxy groups -OCH3 is 1. The van der Waals surface area contributed by atoms with Crippen molar-refractivity contribution in [3.8, 4) is 11.1 Å². The summed E-state index contributed by atoms with van der Waals surface area (Å²) < 4.78 is 11.6. The highest BCUT2D eigenvalue weighted by Crippen LogP contribution is 2.43. The van der Waals surface area contributed by atoms with E-state index in [1.807, 2.05) is 43.3 Å². The van der Waals surface area contributed by atoms with Crippen LogP contribution in [-0.2, 0) is 20.7 Å². The molecule has 3 nitrogen and oxygen atoms in total. The highest BCUT2D eigenvalue weighted by atomic mass is 35.5. The van der Waals surface area contributed by atoms with E-state index in [4.69, 9.17) is 21.1 Å². The van der Waals surface area contributed by atoms with E-state index in [9.17, 15) is 4.79 Å². The molecular formula is C23H21ClO3. The van der Waals surface area contributed by atoms with E-state index >= 15 is 0 Å². The molecule has 0 radical (unpaired) electrons. The number of hydrogen-bond acceptors (Lipinski definition) is 3. The molecule has 0 spiro atoms. The minimum Gasteiger partial charge on any atom is -0.497 e. The Bertz CT molecular complexity index is 972.